The largest absolute Gasteiger partial charge is 0.497 e. The smallest absolute Gasteiger partial charge is 0.191 e. The van der Waals surface area contributed by atoms with Crippen LogP contribution in [0.1, 0.15) is 27.2 Å². The normalized spacial score (nSPS) is 18.7. The molecule has 1 saturated heterocycles. The first kappa shape index (κ1) is 22.3. The molecular weight excluding hydrogens is 376 g/mol. The highest BCUT2D eigenvalue weighted by Crippen LogP contribution is 2.30. The Balaban J connectivity index is 1.88. The quantitative estimate of drug-likeness (QED) is 0.529. The first-order valence-corrected chi connectivity index (χ1v) is 10.9. The zero-order valence-corrected chi connectivity index (χ0v) is 18.7. The number of rotatable bonds is 7. The predicted molar refractivity (Wildman–Crippen MR) is 117 cm³/mol. The first-order valence-electron chi connectivity index (χ1n) is 9.60. The molecule has 0 amide bonds. The number of nitrogens with zero attached hydrogens (tertiary/aromatic N) is 2. The molecule has 1 aromatic carbocycles. The van der Waals surface area contributed by atoms with E-state index in [-0.39, 0.29) is 10.8 Å². The van der Waals surface area contributed by atoms with E-state index in [9.17, 15) is 4.21 Å². The van der Waals surface area contributed by atoms with Gasteiger partial charge in [-0.25, -0.2) is 0 Å². The summed E-state index contributed by atoms with van der Waals surface area (Å²) < 4.78 is 22.7. The number of hydrogen-bond acceptors (Lipinski definition) is 5. The van der Waals surface area contributed by atoms with E-state index in [1.807, 2.05) is 39.0 Å². The van der Waals surface area contributed by atoms with E-state index in [0.717, 1.165) is 42.7 Å². The number of hydrogen-bond donors (Lipinski definition) is 2. The van der Waals surface area contributed by atoms with Crippen molar-refractivity contribution in [2.24, 2.45) is 4.99 Å². The molecule has 1 aromatic rings. The first-order chi connectivity index (χ1) is 13.3. The number of nitrogens with one attached hydrogen (secondary N) is 2. The molecule has 2 unspecified atom stereocenters. The van der Waals surface area contributed by atoms with Gasteiger partial charge in [-0.05, 0) is 27.2 Å². The summed E-state index contributed by atoms with van der Waals surface area (Å²) in [5.41, 5.74) is 1.09. The van der Waals surface area contributed by atoms with Gasteiger partial charge in [0.1, 0.15) is 11.5 Å². The molecule has 158 valence electrons. The molecule has 0 saturated carbocycles. The molecule has 0 radical (unpaired) electrons. The summed E-state index contributed by atoms with van der Waals surface area (Å²) in [6.45, 7) is 8.43. The minimum absolute atomic E-state index is 0.192. The van der Waals surface area contributed by atoms with Crippen molar-refractivity contribution in [3.05, 3.63) is 18.2 Å². The Labute approximate surface area is 171 Å². The van der Waals surface area contributed by atoms with Gasteiger partial charge in [0.25, 0.3) is 0 Å². The summed E-state index contributed by atoms with van der Waals surface area (Å²) in [4.78, 5) is 6.61. The lowest BCUT2D eigenvalue weighted by atomic mass is 10.2. The van der Waals surface area contributed by atoms with Gasteiger partial charge in [0.15, 0.2) is 5.96 Å². The van der Waals surface area contributed by atoms with Gasteiger partial charge in [-0.3, -0.25) is 9.20 Å². The van der Waals surface area contributed by atoms with Crippen LogP contribution in [-0.2, 0) is 10.8 Å². The molecule has 0 aromatic heterocycles. The molecule has 7 nitrogen and oxygen atoms in total. The summed E-state index contributed by atoms with van der Waals surface area (Å²) in [5.74, 6) is 2.93. The van der Waals surface area contributed by atoms with Crippen LogP contribution in [0.3, 0.4) is 0 Å². The van der Waals surface area contributed by atoms with Gasteiger partial charge in [0, 0.05) is 77.9 Å². The molecule has 2 atom stereocenters. The van der Waals surface area contributed by atoms with Crippen molar-refractivity contribution in [2.45, 2.75) is 38.0 Å². The van der Waals surface area contributed by atoms with Crippen LogP contribution in [-0.4, -0.2) is 67.6 Å². The van der Waals surface area contributed by atoms with E-state index in [1.54, 1.807) is 21.3 Å². The minimum Gasteiger partial charge on any atom is -0.497 e. The highest BCUT2D eigenvalue weighted by Gasteiger charge is 2.24. The van der Waals surface area contributed by atoms with Crippen LogP contribution in [0.4, 0.5) is 5.69 Å². The average Bonchev–Trinajstić information content (AvgIpc) is 3.14. The van der Waals surface area contributed by atoms with E-state index < -0.39 is 10.8 Å². The molecule has 8 heteroatoms. The van der Waals surface area contributed by atoms with Crippen LogP contribution in [0, 0.1) is 0 Å². The monoisotopic (exact) mass is 410 g/mol. The van der Waals surface area contributed by atoms with Gasteiger partial charge in [-0.15, -0.1) is 0 Å². The Bertz CT molecular complexity index is 681. The van der Waals surface area contributed by atoms with Gasteiger partial charge in [0.2, 0.25) is 0 Å². The second kappa shape index (κ2) is 10.0. The number of anilines is 1. The third-order valence-corrected chi connectivity index (χ3v) is 6.66. The highest BCUT2D eigenvalue weighted by atomic mass is 32.2. The van der Waals surface area contributed by atoms with Crippen molar-refractivity contribution < 1.29 is 13.7 Å². The van der Waals surface area contributed by atoms with E-state index >= 15 is 0 Å². The Morgan fingerprint density at radius 2 is 1.89 bits per heavy atom. The Hall–Kier alpha value is -1.96. The van der Waals surface area contributed by atoms with E-state index in [2.05, 4.69) is 20.5 Å². The van der Waals surface area contributed by atoms with Crippen LogP contribution in [0.2, 0.25) is 0 Å². The molecule has 1 fully saturated rings. The van der Waals surface area contributed by atoms with Crippen molar-refractivity contribution >= 4 is 22.4 Å². The Morgan fingerprint density at radius 3 is 2.43 bits per heavy atom. The van der Waals surface area contributed by atoms with E-state index in [4.69, 9.17) is 9.47 Å². The maximum atomic E-state index is 12.2. The minimum atomic E-state index is -0.874. The molecule has 1 heterocycles. The Morgan fingerprint density at radius 1 is 1.25 bits per heavy atom. The molecule has 2 rings (SSSR count). The maximum Gasteiger partial charge on any atom is 0.191 e. The maximum absolute atomic E-state index is 12.2. The number of guanidine groups is 1. The van der Waals surface area contributed by atoms with Crippen molar-refractivity contribution in [3.8, 4) is 11.5 Å². The van der Waals surface area contributed by atoms with Gasteiger partial charge < -0.3 is 25.0 Å². The molecule has 0 bridgehead atoms. The van der Waals surface area contributed by atoms with Gasteiger partial charge >= 0.3 is 0 Å². The predicted octanol–water partition coefficient (Wildman–Crippen LogP) is 1.99. The molecule has 0 spiro atoms. The van der Waals surface area contributed by atoms with Crippen LogP contribution >= 0.6 is 0 Å². The number of methoxy groups -OCH3 is 2. The van der Waals surface area contributed by atoms with E-state index in [0.29, 0.717) is 12.3 Å². The summed E-state index contributed by atoms with van der Waals surface area (Å²) in [5, 5.41) is 6.75. The van der Waals surface area contributed by atoms with Crippen LogP contribution in [0.15, 0.2) is 23.2 Å². The lowest BCUT2D eigenvalue weighted by Gasteiger charge is -2.22. The highest BCUT2D eigenvalue weighted by molar-refractivity contribution is 7.86. The van der Waals surface area contributed by atoms with Crippen LogP contribution in [0.25, 0.3) is 0 Å². The zero-order chi connectivity index (χ0) is 20.7. The van der Waals surface area contributed by atoms with Gasteiger partial charge in [-0.2, -0.15) is 0 Å². The third kappa shape index (κ3) is 6.29. The fourth-order valence-corrected chi connectivity index (χ4v) is 3.94. The van der Waals surface area contributed by atoms with Crippen molar-refractivity contribution in [3.63, 3.8) is 0 Å². The lowest BCUT2D eigenvalue weighted by Crippen LogP contribution is -2.46. The molecule has 2 N–H and O–H groups in total. The van der Waals surface area contributed by atoms with Crippen molar-refractivity contribution in [1.29, 1.82) is 0 Å². The second-order valence-electron chi connectivity index (χ2n) is 7.81. The zero-order valence-electron chi connectivity index (χ0n) is 17.9. The van der Waals surface area contributed by atoms with E-state index in [1.165, 1.54) is 0 Å². The number of ether oxygens (including phenoxy) is 2. The number of benzene rings is 1. The molecular formula is C20H34N4O3S. The van der Waals surface area contributed by atoms with Gasteiger partial charge in [-0.1, -0.05) is 0 Å². The van der Waals surface area contributed by atoms with Gasteiger partial charge in [0.05, 0.1) is 14.2 Å². The summed E-state index contributed by atoms with van der Waals surface area (Å²) in [6.07, 6.45) is 1.01. The molecule has 0 aliphatic carbocycles. The standard InChI is InChI=1S/C20H34N4O3S/c1-20(2,3)28(25)10-8-22-19(21-4)23-15-7-9-24(14-15)16-11-17(26-5)13-18(12-16)27-6/h11-13,15H,7-10,14H2,1-6H3,(H2,21,22,23). The summed E-state index contributed by atoms with van der Waals surface area (Å²) in [7, 11) is 4.21. The molecule has 1 aliphatic rings. The van der Waals surface area contributed by atoms with Crippen LogP contribution in [0.5, 0.6) is 11.5 Å². The fraction of sp³-hybridized carbons (Fsp3) is 0.650. The molecule has 1 aliphatic heterocycles. The third-order valence-electron chi connectivity index (χ3n) is 4.72. The molecule has 28 heavy (non-hydrogen) atoms. The number of aliphatic imine (C=N–C) groups is 1. The fourth-order valence-electron chi connectivity index (χ4n) is 3.04. The summed E-state index contributed by atoms with van der Waals surface area (Å²) in [6, 6.07) is 6.22. The topological polar surface area (TPSA) is 75.2 Å². The summed E-state index contributed by atoms with van der Waals surface area (Å²) >= 11 is 0. The second-order valence-corrected chi connectivity index (χ2v) is 10.1. The Kier molecular flexibility index (Phi) is 7.98. The van der Waals surface area contributed by atoms with Crippen LogP contribution < -0.4 is 25.0 Å². The van der Waals surface area contributed by atoms with Crippen molar-refractivity contribution in [1.82, 2.24) is 10.6 Å². The average molecular weight is 411 g/mol. The van der Waals surface area contributed by atoms with Crippen molar-refractivity contribution in [2.75, 3.05) is 51.6 Å². The SMILES string of the molecule is CN=C(NCCS(=O)C(C)(C)C)NC1CCN(c2cc(OC)cc(OC)c2)C1. The lowest BCUT2D eigenvalue weighted by molar-refractivity contribution is 0.394.